The SMILES string of the molecule is Cc1cc(I)c(-c2ccccc2)c(=O)o1. The van der Waals surface area contributed by atoms with E-state index in [1.165, 1.54) is 0 Å². The Bertz CT molecular complexity index is 529. The van der Waals surface area contributed by atoms with Gasteiger partial charge in [-0.3, -0.25) is 0 Å². The molecule has 1 aromatic carbocycles. The van der Waals surface area contributed by atoms with Gasteiger partial charge in [-0.1, -0.05) is 30.3 Å². The van der Waals surface area contributed by atoms with E-state index in [-0.39, 0.29) is 5.63 Å². The van der Waals surface area contributed by atoms with Crippen molar-refractivity contribution in [1.29, 1.82) is 0 Å². The van der Waals surface area contributed by atoms with E-state index in [0.717, 1.165) is 9.13 Å². The molecule has 0 atom stereocenters. The summed E-state index contributed by atoms with van der Waals surface area (Å²) in [7, 11) is 0. The third-order valence-electron chi connectivity index (χ3n) is 2.09. The molecule has 0 saturated carbocycles. The molecule has 0 saturated heterocycles. The number of rotatable bonds is 1. The third kappa shape index (κ3) is 2.12. The summed E-state index contributed by atoms with van der Waals surface area (Å²) in [6.45, 7) is 1.78. The van der Waals surface area contributed by atoms with Gasteiger partial charge < -0.3 is 4.42 Å². The van der Waals surface area contributed by atoms with Crippen LogP contribution in [0, 0.1) is 10.5 Å². The Kier molecular flexibility index (Phi) is 2.90. The van der Waals surface area contributed by atoms with Crippen LogP contribution in [0.5, 0.6) is 0 Å². The zero-order chi connectivity index (χ0) is 10.8. The molecule has 1 aromatic heterocycles. The minimum absolute atomic E-state index is 0.273. The van der Waals surface area contributed by atoms with Crippen molar-refractivity contribution in [2.24, 2.45) is 0 Å². The Morgan fingerprint density at radius 3 is 2.47 bits per heavy atom. The molecule has 2 rings (SSSR count). The highest BCUT2D eigenvalue weighted by Gasteiger charge is 2.09. The highest BCUT2D eigenvalue weighted by molar-refractivity contribution is 14.1. The fourth-order valence-electron chi connectivity index (χ4n) is 1.44. The Balaban J connectivity index is 2.69. The third-order valence-corrected chi connectivity index (χ3v) is 2.94. The van der Waals surface area contributed by atoms with E-state index in [4.69, 9.17) is 4.42 Å². The van der Waals surface area contributed by atoms with Crippen LogP contribution in [-0.2, 0) is 0 Å². The lowest BCUT2D eigenvalue weighted by Crippen LogP contribution is -2.05. The van der Waals surface area contributed by atoms with Gasteiger partial charge in [0, 0.05) is 3.57 Å². The molecule has 2 nitrogen and oxygen atoms in total. The first kappa shape index (κ1) is 10.4. The molecule has 0 bridgehead atoms. The van der Waals surface area contributed by atoms with E-state index < -0.39 is 0 Å². The molecule has 0 aliphatic carbocycles. The predicted molar refractivity (Wildman–Crippen MR) is 67.9 cm³/mol. The lowest BCUT2D eigenvalue weighted by Gasteiger charge is -2.03. The first-order valence-corrected chi connectivity index (χ1v) is 5.62. The predicted octanol–water partition coefficient (Wildman–Crippen LogP) is 3.22. The van der Waals surface area contributed by atoms with Crippen molar-refractivity contribution in [1.82, 2.24) is 0 Å². The van der Waals surface area contributed by atoms with Crippen molar-refractivity contribution in [2.75, 3.05) is 0 Å². The molecule has 2 aromatic rings. The van der Waals surface area contributed by atoms with Crippen LogP contribution in [0.25, 0.3) is 11.1 Å². The monoisotopic (exact) mass is 312 g/mol. The Morgan fingerprint density at radius 2 is 1.87 bits per heavy atom. The second-order valence-electron chi connectivity index (χ2n) is 3.23. The molecule has 0 aliphatic rings. The smallest absolute Gasteiger partial charge is 0.344 e. The Morgan fingerprint density at radius 1 is 1.20 bits per heavy atom. The Hall–Kier alpha value is -1.10. The molecule has 0 radical (unpaired) electrons. The second-order valence-corrected chi connectivity index (χ2v) is 4.40. The number of hydrogen-bond acceptors (Lipinski definition) is 2. The van der Waals surface area contributed by atoms with Gasteiger partial charge in [0.2, 0.25) is 0 Å². The maximum Gasteiger partial charge on any atom is 0.344 e. The lowest BCUT2D eigenvalue weighted by molar-refractivity contribution is 0.481. The summed E-state index contributed by atoms with van der Waals surface area (Å²) in [5.74, 6) is 0.643. The van der Waals surface area contributed by atoms with Gasteiger partial charge in [-0.05, 0) is 41.1 Å². The Labute approximate surface area is 101 Å². The van der Waals surface area contributed by atoms with Crippen LogP contribution >= 0.6 is 22.6 Å². The quantitative estimate of drug-likeness (QED) is 0.757. The minimum atomic E-state index is -0.273. The van der Waals surface area contributed by atoms with Gasteiger partial charge in [0.15, 0.2) is 0 Å². The van der Waals surface area contributed by atoms with Crippen LogP contribution in [0.4, 0.5) is 0 Å². The largest absolute Gasteiger partial charge is 0.428 e. The average molecular weight is 312 g/mol. The maximum atomic E-state index is 11.7. The van der Waals surface area contributed by atoms with E-state index in [0.29, 0.717) is 11.3 Å². The van der Waals surface area contributed by atoms with Crippen LogP contribution in [0.15, 0.2) is 45.6 Å². The highest BCUT2D eigenvalue weighted by Crippen LogP contribution is 2.21. The molecule has 0 fully saturated rings. The summed E-state index contributed by atoms with van der Waals surface area (Å²) >= 11 is 2.16. The number of benzene rings is 1. The van der Waals surface area contributed by atoms with Crippen LogP contribution in [0.2, 0.25) is 0 Å². The summed E-state index contributed by atoms with van der Waals surface area (Å²) in [5.41, 5.74) is 1.27. The van der Waals surface area contributed by atoms with Crippen molar-refractivity contribution in [2.45, 2.75) is 6.92 Å². The topological polar surface area (TPSA) is 30.2 Å². The van der Waals surface area contributed by atoms with Gasteiger partial charge in [-0.25, -0.2) is 4.79 Å². The zero-order valence-corrected chi connectivity index (χ0v) is 10.3. The fraction of sp³-hybridized carbons (Fsp3) is 0.0833. The molecule has 0 unspecified atom stereocenters. The summed E-state index contributed by atoms with van der Waals surface area (Å²) in [6, 6.07) is 11.4. The van der Waals surface area contributed by atoms with Crippen LogP contribution in [0.1, 0.15) is 5.76 Å². The minimum Gasteiger partial charge on any atom is -0.428 e. The van der Waals surface area contributed by atoms with Crippen LogP contribution in [0.3, 0.4) is 0 Å². The maximum absolute atomic E-state index is 11.7. The lowest BCUT2D eigenvalue weighted by atomic mass is 10.1. The van der Waals surface area contributed by atoms with E-state index >= 15 is 0 Å². The molecular formula is C12H9IO2. The zero-order valence-electron chi connectivity index (χ0n) is 8.16. The fourth-order valence-corrected chi connectivity index (χ4v) is 2.41. The molecular weight excluding hydrogens is 303 g/mol. The number of hydrogen-bond donors (Lipinski definition) is 0. The van der Waals surface area contributed by atoms with Crippen molar-refractivity contribution >= 4 is 22.6 Å². The van der Waals surface area contributed by atoms with E-state index in [9.17, 15) is 4.79 Å². The molecule has 3 heteroatoms. The molecule has 1 heterocycles. The summed E-state index contributed by atoms with van der Waals surface area (Å²) < 4.78 is 6.01. The van der Waals surface area contributed by atoms with Gasteiger partial charge >= 0.3 is 5.63 Å². The van der Waals surface area contributed by atoms with Gasteiger partial charge in [0.25, 0.3) is 0 Å². The normalized spacial score (nSPS) is 10.3. The summed E-state index contributed by atoms with van der Waals surface area (Å²) in [5, 5.41) is 0. The molecule has 15 heavy (non-hydrogen) atoms. The van der Waals surface area contributed by atoms with Gasteiger partial charge in [-0.15, -0.1) is 0 Å². The van der Waals surface area contributed by atoms with Crippen molar-refractivity contribution < 1.29 is 4.42 Å². The van der Waals surface area contributed by atoms with E-state index in [1.54, 1.807) is 6.92 Å². The van der Waals surface area contributed by atoms with Crippen molar-refractivity contribution in [3.8, 4) is 11.1 Å². The summed E-state index contributed by atoms with van der Waals surface area (Å²) in [6.07, 6.45) is 0. The van der Waals surface area contributed by atoms with Gasteiger partial charge in [0.1, 0.15) is 5.76 Å². The number of halogens is 1. The summed E-state index contributed by atoms with van der Waals surface area (Å²) in [4.78, 5) is 11.7. The molecule has 76 valence electrons. The standard InChI is InChI=1S/C12H9IO2/c1-8-7-10(13)11(12(14)15-8)9-5-3-2-4-6-9/h2-7H,1H3. The highest BCUT2D eigenvalue weighted by atomic mass is 127. The van der Waals surface area contributed by atoms with Crippen molar-refractivity contribution in [3.63, 3.8) is 0 Å². The molecule has 0 spiro atoms. The van der Waals surface area contributed by atoms with Crippen LogP contribution < -0.4 is 5.63 Å². The second kappa shape index (κ2) is 4.18. The first-order chi connectivity index (χ1) is 7.18. The van der Waals surface area contributed by atoms with Crippen LogP contribution in [-0.4, -0.2) is 0 Å². The van der Waals surface area contributed by atoms with Gasteiger partial charge in [0.05, 0.1) is 5.56 Å². The molecule has 0 N–H and O–H groups in total. The first-order valence-electron chi connectivity index (χ1n) is 4.54. The number of aryl methyl sites for hydroxylation is 1. The average Bonchev–Trinajstić information content (AvgIpc) is 2.17. The van der Waals surface area contributed by atoms with E-state index in [2.05, 4.69) is 22.6 Å². The van der Waals surface area contributed by atoms with Gasteiger partial charge in [-0.2, -0.15) is 0 Å². The van der Waals surface area contributed by atoms with Crippen molar-refractivity contribution in [3.05, 3.63) is 56.1 Å². The molecule has 0 aliphatic heterocycles. The molecule has 0 amide bonds. The van der Waals surface area contributed by atoms with E-state index in [1.807, 2.05) is 36.4 Å².